The predicted molar refractivity (Wildman–Crippen MR) is 119 cm³/mol. The summed E-state index contributed by atoms with van der Waals surface area (Å²) >= 11 is 0. The zero-order valence-electron chi connectivity index (χ0n) is 19.4. The summed E-state index contributed by atoms with van der Waals surface area (Å²) in [4.78, 5) is 12.5. The van der Waals surface area contributed by atoms with Crippen molar-refractivity contribution in [1.82, 2.24) is 0 Å². The van der Waals surface area contributed by atoms with Crippen LogP contribution >= 0.6 is 0 Å². The van der Waals surface area contributed by atoms with Crippen molar-refractivity contribution in [3.63, 3.8) is 0 Å². The van der Waals surface area contributed by atoms with E-state index in [4.69, 9.17) is 4.74 Å². The maximum Gasteiger partial charge on any atom is 0.461 e. The normalized spacial score (nSPS) is 26.2. The van der Waals surface area contributed by atoms with E-state index in [9.17, 15) is 22.4 Å². The molecule has 0 bridgehead atoms. The zero-order valence-corrected chi connectivity index (χ0v) is 19.4. The average molecular weight is 473 g/mol. The van der Waals surface area contributed by atoms with E-state index in [1.54, 1.807) is 0 Å². The van der Waals surface area contributed by atoms with Gasteiger partial charge in [-0.1, -0.05) is 45.4 Å². The molecule has 0 atom stereocenters. The summed E-state index contributed by atoms with van der Waals surface area (Å²) in [6.45, 7) is 2.25. The molecule has 2 fully saturated rings. The molecule has 0 spiro atoms. The number of esters is 1. The Kier molecular flexibility index (Phi) is 9.45. The molecule has 0 aliphatic heterocycles. The van der Waals surface area contributed by atoms with Crippen molar-refractivity contribution in [1.29, 1.82) is 0 Å². The van der Waals surface area contributed by atoms with Gasteiger partial charge >= 0.3 is 18.5 Å². The van der Waals surface area contributed by atoms with E-state index >= 15 is 0 Å². The summed E-state index contributed by atoms with van der Waals surface area (Å²) < 4.78 is 59.8. The first-order chi connectivity index (χ1) is 15.8. The number of alkyl halides is 4. The summed E-state index contributed by atoms with van der Waals surface area (Å²) in [7, 11) is 0. The lowest BCUT2D eigenvalue weighted by molar-refractivity contribution is -0.253. The Morgan fingerprint density at radius 1 is 0.909 bits per heavy atom. The standard InChI is InChI=1S/C26H36F4O3/c1-2-3-4-5-18-6-8-19(9-7-18)20-10-12-21(13-11-20)24(31)32-22-14-16-23(17-15-22)33-26(29,30)25(27)28/h14-21,25H,2-13H2,1H3. The molecular formula is C26H36F4O3. The van der Waals surface area contributed by atoms with Crippen molar-refractivity contribution in [2.45, 2.75) is 96.5 Å². The number of carbonyl (C=O) groups excluding carboxylic acids is 1. The first-order valence-electron chi connectivity index (χ1n) is 12.4. The highest BCUT2D eigenvalue weighted by atomic mass is 19.3. The molecule has 2 aliphatic rings. The Morgan fingerprint density at radius 3 is 2.00 bits per heavy atom. The van der Waals surface area contributed by atoms with Gasteiger partial charge in [-0.3, -0.25) is 4.79 Å². The molecule has 1 aromatic rings. The van der Waals surface area contributed by atoms with Crippen molar-refractivity contribution in [2.75, 3.05) is 0 Å². The molecule has 0 radical (unpaired) electrons. The lowest BCUT2D eigenvalue weighted by Gasteiger charge is -2.37. The van der Waals surface area contributed by atoms with Gasteiger partial charge in [0.05, 0.1) is 5.92 Å². The highest BCUT2D eigenvalue weighted by Crippen LogP contribution is 2.42. The van der Waals surface area contributed by atoms with Gasteiger partial charge in [-0.15, -0.1) is 0 Å². The van der Waals surface area contributed by atoms with Gasteiger partial charge in [-0.05, 0) is 80.5 Å². The summed E-state index contributed by atoms with van der Waals surface area (Å²) in [5.74, 6) is 1.67. The van der Waals surface area contributed by atoms with Gasteiger partial charge in [0.15, 0.2) is 0 Å². The van der Waals surface area contributed by atoms with Crippen LogP contribution in [0.2, 0.25) is 0 Å². The topological polar surface area (TPSA) is 35.5 Å². The van der Waals surface area contributed by atoms with Gasteiger partial charge in [-0.25, -0.2) is 0 Å². The molecule has 2 saturated carbocycles. The van der Waals surface area contributed by atoms with E-state index in [-0.39, 0.29) is 17.6 Å². The van der Waals surface area contributed by atoms with E-state index in [1.165, 1.54) is 63.5 Å². The molecule has 1 aromatic carbocycles. The third-order valence-corrected chi connectivity index (χ3v) is 7.43. The molecule has 0 heterocycles. The second kappa shape index (κ2) is 12.1. The van der Waals surface area contributed by atoms with Gasteiger partial charge in [0.2, 0.25) is 0 Å². The van der Waals surface area contributed by atoms with E-state index in [0.29, 0.717) is 5.92 Å². The number of halogens is 4. The maximum absolute atomic E-state index is 13.0. The molecule has 0 unspecified atom stereocenters. The Hall–Kier alpha value is -1.79. The lowest BCUT2D eigenvalue weighted by Crippen LogP contribution is -2.33. The van der Waals surface area contributed by atoms with Crippen molar-refractivity contribution >= 4 is 5.97 Å². The quantitative estimate of drug-likeness (QED) is 0.150. The van der Waals surface area contributed by atoms with Crippen LogP contribution in [-0.4, -0.2) is 18.5 Å². The third-order valence-electron chi connectivity index (χ3n) is 7.43. The first-order valence-corrected chi connectivity index (χ1v) is 12.4. The fourth-order valence-electron chi connectivity index (χ4n) is 5.43. The lowest BCUT2D eigenvalue weighted by atomic mass is 9.68. The molecular weight excluding hydrogens is 436 g/mol. The number of unbranched alkanes of at least 4 members (excludes halogenated alkanes) is 2. The Bertz CT molecular complexity index is 722. The molecule has 0 amide bonds. The molecule has 3 rings (SSSR count). The Labute approximate surface area is 194 Å². The number of ether oxygens (including phenoxy) is 2. The minimum atomic E-state index is -4.56. The third kappa shape index (κ3) is 7.61. The number of hydrogen-bond acceptors (Lipinski definition) is 3. The van der Waals surface area contributed by atoms with Crippen molar-refractivity contribution in [3.05, 3.63) is 24.3 Å². The second-order valence-electron chi connectivity index (χ2n) is 9.75. The maximum atomic E-state index is 13.0. The predicted octanol–water partition coefficient (Wildman–Crippen LogP) is 8.02. The highest BCUT2D eigenvalue weighted by molar-refractivity contribution is 5.75. The van der Waals surface area contributed by atoms with Crippen LogP contribution in [0.3, 0.4) is 0 Å². The summed E-state index contributed by atoms with van der Waals surface area (Å²) in [6.07, 6.45) is 5.89. The Balaban J connectivity index is 1.39. The second-order valence-corrected chi connectivity index (χ2v) is 9.75. The Morgan fingerprint density at radius 2 is 1.45 bits per heavy atom. The van der Waals surface area contributed by atoms with Gasteiger partial charge in [-0.2, -0.15) is 17.6 Å². The largest absolute Gasteiger partial charge is 0.461 e. The first kappa shape index (κ1) is 25.8. The average Bonchev–Trinajstić information content (AvgIpc) is 2.81. The van der Waals surface area contributed by atoms with Crippen LogP contribution in [0.1, 0.15) is 84.0 Å². The fourth-order valence-corrected chi connectivity index (χ4v) is 5.43. The zero-order chi connectivity index (χ0) is 23.8. The van der Waals surface area contributed by atoms with Crippen LogP contribution in [0.4, 0.5) is 17.6 Å². The number of rotatable bonds is 10. The van der Waals surface area contributed by atoms with Crippen LogP contribution in [-0.2, 0) is 4.79 Å². The van der Waals surface area contributed by atoms with Gasteiger partial charge in [0.25, 0.3) is 0 Å². The number of carbonyl (C=O) groups is 1. The molecule has 2 aliphatic carbocycles. The number of benzene rings is 1. The molecule has 0 aromatic heterocycles. The van der Waals surface area contributed by atoms with Gasteiger partial charge in [0.1, 0.15) is 11.5 Å². The molecule has 0 N–H and O–H groups in total. The van der Waals surface area contributed by atoms with E-state index in [1.807, 2.05) is 0 Å². The van der Waals surface area contributed by atoms with E-state index in [2.05, 4.69) is 11.7 Å². The highest BCUT2D eigenvalue weighted by Gasteiger charge is 2.44. The van der Waals surface area contributed by atoms with Crippen LogP contribution in [0.15, 0.2) is 24.3 Å². The smallest absolute Gasteiger partial charge is 0.428 e. The molecule has 3 nitrogen and oxygen atoms in total. The van der Waals surface area contributed by atoms with Crippen LogP contribution in [0, 0.1) is 23.7 Å². The molecule has 33 heavy (non-hydrogen) atoms. The fraction of sp³-hybridized carbons (Fsp3) is 0.731. The molecule has 7 heteroatoms. The SMILES string of the molecule is CCCCCC1CCC(C2CCC(C(=O)Oc3ccc(OC(F)(F)C(F)F)cc3)CC2)CC1. The van der Waals surface area contributed by atoms with E-state index in [0.717, 1.165) is 49.7 Å². The van der Waals surface area contributed by atoms with Gasteiger partial charge < -0.3 is 9.47 Å². The van der Waals surface area contributed by atoms with Crippen molar-refractivity contribution < 1.29 is 31.8 Å². The molecule has 186 valence electrons. The summed E-state index contributed by atoms with van der Waals surface area (Å²) in [6, 6.07) is 4.74. The summed E-state index contributed by atoms with van der Waals surface area (Å²) in [5, 5.41) is 0. The van der Waals surface area contributed by atoms with Crippen LogP contribution < -0.4 is 9.47 Å². The minimum Gasteiger partial charge on any atom is -0.428 e. The van der Waals surface area contributed by atoms with E-state index < -0.39 is 18.3 Å². The van der Waals surface area contributed by atoms with Gasteiger partial charge in [0, 0.05) is 0 Å². The van der Waals surface area contributed by atoms with Crippen LogP contribution in [0.25, 0.3) is 0 Å². The van der Waals surface area contributed by atoms with Crippen LogP contribution in [0.5, 0.6) is 11.5 Å². The monoisotopic (exact) mass is 472 g/mol. The minimum absolute atomic E-state index is 0.161. The summed E-state index contributed by atoms with van der Waals surface area (Å²) in [5.41, 5.74) is 0. The molecule has 0 saturated heterocycles. The van der Waals surface area contributed by atoms with Crippen molar-refractivity contribution in [2.24, 2.45) is 23.7 Å². The van der Waals surface area contributed by atoms with Crippen molar-refractivity contribution in [3.8, 4) is 11.5 Å². The number of hydrogen-bond donors (Lipinski definition) is 0.